The van der Waals surface area contributed by atoms with Gasteiger partial charge in [0, 0.05) is 11.8 Å². The number of ether oxygens (including phenoxy) is 1. The van der Waals surface area contributed by atoms with Crippen LogP contribution in [-0.4, -0.2) is 31.5 Å². The largest absolute Gasteiger partial charge is 0.486 e. The highest BCUT2D eigenvalue weighted by molar-refractivity contribution is 6.01. The average Bonchev–Trinajstić information content (AvgIpc) is 3.18. The van der Waals surface area contributed by atoms with Crippen molar-refractivity contribution >= 4 is 5.78 Å². The number of aromatic nitrogens is 4. The lowest BCUT2D eigenvalue weighted by atomic mass is 9.85. The Morgan fingerprint density at radius 1 is 1.19 bits per heavy atom. The minimum Gasteiger partial charge on any atom is -0.486 e. The number of Topliss-reactive ketones (excluding diaryl/α,β-unsaturated/α-hetero) is 1. The van der Waals surface area contributed by atoms with Crippen LogP contribution in [0, 0.1) is 0 Å². The maximum absolute atomic E-state index is 12.7. The van der Waals surface area contributed by atoms with Gasteiger partial charge in [-0.2, -0.15) is 4.98 Å². The van der Waals surface area contributed by atoms with Gasteiger partial charge >= 0.3 is 0 Å². The summed E-state index contributed by atoms with van der Waals surface area (Å²) in [6.45, 7) is 4.09. The van der Waals surface area contributed by atoms with Gasteiger partial charge in [0.05, 0.1) is 12.0 Å². The molecule has 1 aromatic carbocycles. The van der Waals surface area contributed by atoms with Crippen molar-refractivity contribution in [2.75, 3.05) is 0 Å². The van der Waals surface area contributed by atoms with E-state index in [2.05, 4.69) is 20.1 Å². The molecule has 0 spiro atoms. The molecule has 3 aromatic rings. The smallest absolute Gasteiger partial charge is 0.258 e. The minimum atomic E-state index is -0.406. The Hall–Kier alpha value is -3.09. The van der Waals surface area contributed by atoms with E-state index in [9.17, 15) is 4.79 Å². The third-order valence-corrected chi connectivity index (χ3v) is 4.86. The lowest BCUT2D eigenvalue weighted by Crippen LogP contribution is -2.40. The fraction of sp³-hybridized carbons (Fsp3) is 0.316. The summed E-state index contributed by atoms with van der Waals surface area (Å²) in [5.41, 5.74) is 1.40. The fourth-order valence-corrected chi connectivity index (χ4v) is 3.14. The van der Waals surface area contributed by atoms with Crippen molar-refractivity contribution in [1.29, 1.82) is 0 Å². The molecule has 2 aromatic heterocycles. The van der Waals surface area contributed by atoms with Gasteiger partial charge < -0.3 is 9.26 Å². The maximum Gasteiger partial charge on any atom is 0.258 e. The Labute approximate surface area is 150 Å². The summed E-state index contributed by atoms with van der Waals surface area (Å²) in [6.07, 6.45) is 5.01. The number of ketones is 1. The van der Waals surface area contributed by atoms with Crippen molar-refractivity contribution in [2.45, 2.75) is 38.7 Å². The van der Waals surface area contributed by atoms with Gasteiger partial charge in [-0.15, -0.1) is 0 Å². The summed E-state index contributed by atoms with van der Waals surface area (Å²) in [4.78, 5) is 25.0. The second kappa shape index (κ2) is 6.33. The van der Waals surface area contributed by atoms with Crippen LogP contribution in [0.2, 0.25) is 0 Å². The number of nitrogens with zero attached hydrogens (tertiary/aromatic N) is 4. The number of hydrogen-bond acceptors (Lipinski definition) is 7. The predicted molar refractivity (Wildman–Crippen MR) is 93.6 cm³/mol. The van der Waals surface area contributed by atoms with Gasteiger partial charge in [-0.1, -0.05) is 19.0 Å². The number of carbonyl (C=O) groups excluding carboxylic acids is 1. The minimum absolute atomic E-state index is 0.0762. The summed E-state index contributed by atoms with van der Waals surface area (Å²) in [7, 11) is 0. The molecule has 0 unspecified atom stereocenters. The van der Waals surface area contributed by atoms with E-state index < -0.39 is 5.60 Å². The van der Waals surface area contributed by atoms with E-state index in [0.29, 0.717) is 40.7 Å². The fourth-order valence-electron chi connectivity index (χ4n) is 3.14. The SMILES string of the molecule is CCC1(CC)CC(=O)c2cc(-c3nc(-c4ccncn4)no3)ccc2O1. The van der Waals surface area contributed by atoms with Gasteiger partial charge in [0.2, 0.25) is 5.82 Å². The molecule has 26 heavy (non-hydrogen) atoms. The van der Waals surface area contributed by atoms with E-state index in [1.165, 1.54) is 6.33 Å². The second-order valence-electron chi connectivity index (χ2n) is 6.32. The first kappa shape index (κ1) is 16.4. The standard InChI is InChI=1S/C19H18N4O3/c1-3-19(4-2)10-15(24)13-9-12(5-6-16(13)25-19)18-22-17(23-26-18)14-7-8-20-11-21-14/h5-9,11H,3-4,10H2,1-2H3. The van der Waals surface area contributed by atoms with E-state index in [1.807, 2.05) is 19.9 Å². The third-order valence-electron chi connectivity index (χ3n) is 4.86. The van der Waals surface area contributed by atoms with Crippen molar-refractivity contribution < 1.29 is 14.1 Å². The quantitative estimate of drug-likeness (QED) is 0.708. The van der Waals surface area contributed by atoms with Crippen LogP contribution >= 0.6 is 0 Å². The summed E-state index contributed by atoms with van der Waals surface area (Å²) >= 11 is 0. The molecular weight excluding hydrogens is 332 g/mol. The van der Waals surface area contributed by atoms with Gasteiger partial charge in [0.1, 0.15) is 23.4 Å². The molecule has 0 saturated heterocycles. The molecule has 0 aliphatic carbocycles. The van der Waals surface area contributed by atoms with E-state index in [1.54, 1.807) is 24.4 Å². The van der Waals surface area contributed by atoms with Crippen LogP contribution in [0.5, 0.6) is 5.75 Å². The van der Waals surface area contributed by atoms with E-state index in [4.69, 9.17) is 9.26 Å². The van der Waals surface area contributed by atoms with Crippen LogP contribution in [0.4, 0.5) is 0 Å². The van der Waals surface area contributed by atoms with Gasteiger partial charge in [-0.05, 0) is 37.1 Å². The molecule has 0 fully saturated rings. The molecule has 1 aliphatic rings. The molecule has 132 valence electrons. The maximum atomic E-state index is 12.7. The van der Waals surface area contributed by atoms with Gasteiger partial charge in [0.15, 0.2) is 5.78 Å². The molecule has 0 radical (unpaired) electrons. The number of carbonyl (C=O) groups is 1. The zero-order chi connectivity index (χ0) is 18.1. The van der Waals surface area contributed by atoms with Crippen LogP contribution in [0.1, 0.15) is 43.5 Å². The summed E-state index contributed by atoms with van der Waals surface area (Å²) in [6, 6.07) is 7.08. The molecule has 4 rings (SSSR count). The normalized spacial score (nSPS) is 15.4. The highest BCUT2D eigenvalue weighted by Crippen LogP contribution is 2.38. The van der Waals surface area contributed by atoms with Crippen LogP contribution in [0.25, 0.3) is 23.0 Å². The first-order valence-corrected chi connectivity index (χ1v) is 8.61. The molecule has 0 N–H and O–H groups in total. The molecule has 3 heterocycles. The first-order valence-electron chi connectivity index (χ1n) is 8.61. The molecule has 0 atom stereocenters. The Balaban J connectivity index is 1.68. The number of rotatable bonds is 4. The number of hydrogen-bond donors (Lipinski definition) is 0. The third kappa shape index (κ3) is 2.75. The van der Waals surface area contributed by atoms with Crippen LogP contribution in [0.15, 0.2) is 41.3 Å². The lowest BCUT2D eigenvalue weighted by Gasteiger charge is -2.36. The summed E-state index contributed by atoms with van der Waals surface area (Å²) in [5, 5.41) is 3.95. The Kier molecular flexibility index (Phi) is 3.99. The Morgan fingerprint density at radius 2 is 2.04 bits per heavy atom. The van der Waals surface area contributed by atoms with Gasteiger partial charge in [0.25, 0.3) is 5.89 Å². The topological polar surface area (TPSA) is 91.0 Å². The highest BCUT2D eigenvalue weighted by atomic mass is 16.5. The molecule has 7 nitrogen and oxygen atoms in total. The zero-order valence-corrected chi connectivity index (χ0v) is 14.6. The monoisotopic (exact) mass is 350 g/mol. The van der Waals surface area contributed by atoms with Crippen molar-refractivity contribution in [3.63, 3.8) is 0 Å². The molecule has 0 bridgehead atoms. The van der Waals surface area contributed by atoms with E-state index in [-0.39, 0.29) is 5.78 Å². The lowest BCUT2D eigenvalue weighted by molar-refractivity contribution is 0.0350. The number of benzene rings is 1. The van der Waals surface area contributed by atoms with E-state index in [0.717, 1.165) is 12.8 Å². The van der Waals surface area contributed by atoms with Crippen LogP contribution < -0.4 is 4.74 Å². The Bertz CT molecular complexity index is 948. The summed E-state index contributed by atoms with van der Waals surface area (Å²) < 4.78 is 11.5. The van der Waals surface area contributed by atoms with Crippen LogP contribution in [0.3, 0.4) is 0 Å². The summed E-state index contributed by atoms with van der Waals surface area (Å²) in [5.74, 6) is 1.40. The predicted octanol–water partition coefficient (Wildman–Crippen LogP) is 3.72. The van der Waals surface area contributed by atoms with Crippen molar-refractivity contribution in [3.8, 4) is 28.7 Å². The molecule has 1 aliphatic heterocycles. The Morgan fingerprint density at radius 3 is 2.77 bits per heavy atom. The first-order chi connectivity index (χ1) is 12.6. The molecular formula is C19H18N4O3. The van der Waals surface area contributed by atoms with Gasteiger partial charge in [-0.3, -0.25) is 4.79 Å². The molecule has 0 amide bonds. The average molecular weight is 350 g/mol. The second-order valence-corrected chi connectivity index (χ2v) is 6.32. The molecule has 0 saturated carbocycles. The molecule has 7 heteroatoms. The van der Waals surface area contributed by atoms with Crippen molar-refractivity contribution in [2.24, 2.45) is 0 Å². The highest BCUT2D eigenvalue weighted by Gasteiger charge is 2.37. The van der Waals surface area contributed by atoms with E-state index >= 15 is 0 Å². The van der Waals surface area contributed by atoms with Crippen molar-refractivity contribution in [1.82, 2.24) is 20.1 Å². The van der Waals surface area contributed by atoms with Crippen molar-refractivity contribution in [3.05, 3.63) is 42.4 Å². The van der Waals surface area contributed by atoms with Gasteiger partial charge in [-0.25, -0.2) is 9.97 Å². The number of fused-ring (bicyclic) bond motifs is 1. The van der Waals surface area contributed by atoms with Crippen LogP contribution in [-0.2, 0) is 0 Å². The zero-order valence-electron chi connectivity index (χ0n) is 14.6.